The number of benzene rings is 1. The number of carbonyl (C=O) groups is 1. The van der Waals surface area contributed by atoms with Crippen molar-refractivity contribution in [3.8, 4) is 5.75 Å². The zero-order valence-corrected chi connectivity index (χ0v) is 11.6. The van der Waals surface area contributed by atoms with E-state index in [2.05, 4.69) is 6.92 Å². The number of rotatable bonds is 6. The Morgan fingerprint density at radius 3 is 2.63 bits per heavy atom. The van der Waals surface area contributed by atoms with Crippen molar-refractivity contribution in [2.24, 2.45) is 11.8 Å². The van der Waals surface area contributed by atoms with Crippen molar-refractivity contribution in [1.29, 1.82) is 0 Å². The van der Waals surface area contributed by atoms with E-state index in [1.807, 2.05) is 24.1 Å². The van der Waals surface area contributed by atoms with Gasteiger partial charge in [0, 0.05) is 19.3 Å². The van der Waals surface area contributed by atoms with Crippen molar-refractivity contribution in [1.82, 2.24) is 4.90 Å². The van der Waals surface area contributed by atoms with Gasteiger partial charge in [-0.1, -0.05) is 6.92 Å². The van der Waals surface area contributed by atoms with Crippen LogP contribution in [0.15, 0.2) is 24.3 Å². The lowest BCUT2D eigenvalue weighted by molar-refractivity contribution is -0.130. The van der Waals surface area contributed by atoms with Crippen molar-refractivity contribution < 1.29 is 9.53 Å². The summed E-state index contributed by atoms with van der Waals surface area (Å²) in [6.45, 7) is 3.52. The van der Waals surface area contributed by atoms with Gasteiger partial charge in [-0.25, -0.2) is 0 Å². The highest BCUT2D eigenvalue weighted by atomic mass is 16.5. The Hall–Kier alpha value is -1.71. The summed E-state index contributed by atoms with van der Waals surface area (Å²) in [5, 5.41) is 0. The van der Waals surface area contributed by atoms with Crippen LogP contribution in [0.25, 0.3) is 0 Å². The fourth-order valence-corrected chi connectivity index (χ4v) is 2.12. The van der Waals surface area contributed by atoms with Crippen LogP contribution >= 0.6 is 0 Å². The summed E-state index contributed by atoms with van der Waals surface area (Å²) in [6, 6.07) is 7.21. The first kappa shape index (κ1) is 13.7. The Morgan fingerprint density at radius 2 is 2.05 bits per heavy atom. The van der Waals surface area contributed by atoms with Gasteiger partial charge in [0.2, 0.25) is 5.91 Å². The van der Waals surface area contributed by atoms with Crippen LogP contribution in [0, 0.1) is 11.8 Å². The molecule has 2 atom stereocenters. The molecule has 1 amide bonds. The quantitative estimate of drug-likeness (QED) is 0.799. The minimum Gasteiger partial charge on any atom is -0.493 e. The van der Waals surface area contributed by atoms with Crippen LogP contribution in [0.2, 0.25) is 0 Å². The maximum Gasteiger partial charge on any atom is 0.225 e. The molecular formula is C15H22N2O2. The monoisotopic (exact) mass is 262 g/mol. The zero-order chi connectivity index (χ0) is 13.8. The van der Waals surface area contributed by atoms with Crippen molar-refractivity contribution in [2.75, 3.05) is 25.9 Å². The highest BCUT2D eigenvalue weighted by Crippen LogP contribution is 2.37. The fourth-order valence-electron chi connectivity index (χ4n) is 2.12. The molecule has 1 aliphatic rings. The molecule has 0 aliphatic heterocycles. The van der Waals surface area contributed by atoms with E-state index >= 15 is 0 Å². The second-order valence-corrected chi connectivity index (χ2v) is 5.41. The molecule has 0 spiro atoms. The Balaban J connectivity index is 1.67. The predicted octanol–water partition coefficient (Wildman–Crippen LogP) is 2.15. The standard InChI is InChI=1S/C15H22N2O2/c1-11-9-12(11)10-17(2)15(18)7-8-19-14-5-3-13(16)4-6-14/h3-6,11-12H,7-10,16H2,1-2H3. The molecule has 1 aliphatic carbocycles. The number of nitrogens with zero attached hydrogens (tertiary/aromatic N) is 1. The average Bonchev–Trinajstić information content (AvgIpc) is 3.07. The molecular weight excluding hydrogens is 240 g/mol. The van der Waals surface area contributed by atoms with Gasteiger partial charge in [-0.3, -0.25) is 4.79 Å². The third-order valence-electron chi connectivity index (χ3n) is 3.68. The number of nitrogens with two attached hydrogens (primary N) is 1. The van der Waals surface area contributed by atoms with Crippen LogP contribution in [-0.2, 0) is 4.79 Å². The molecule has 0 saturated heterocycles. The number of amides is 1. The van der Waals surface area contributed by atoms with Gasteiger partial charge >= 0.3 is 0 Å². The third-order valence-corrected chi connectivity index (χ3v) is 3.68. The summed E-state index contributed by atoms with van der Waals surface area (Å²) in [5.74, 6) is 2.38. The van der Waals surface area contributed by atoms with Gasteiger partial charge in [0.05, 0.1) is 13.0 Å². The Kier molecular flexibility index (Phi) is 4.30. The second-order valence-electron chi connectivity index (χ2n) is 5.41. The molecule has 2 unspecified atom stereocenters. The molecule has 0 heterocycles. The van der Waals surface area contributed by atoms with E-state index in [0.29, 0.717) is 24.6 Å². The number of anilines is 1. The molecule has 0 aromatic heterocycles. The molecule has 2 rings (SSSR count). The second kappa shape index (κ2) is 5.95. The number of ether oxygens (including phenoxy) is 1. The Bertz CT molecular complexity index is 430. The maximum absolute atomic E-state index is 11.9. The first-order valence-corrected chi connectivity index (χ1v) is 6.78. The topological polar surface area (TPSA) is 55.6 Å². The molecule has 1 aromatic rings. The highest BCUT2D eigenvalue weighted by Gasteiger charge is 2.33. The molecule has 104 valence electrons. The van der Waals surface area contributed by atoms with E-state index in [4.69, 9.17) is 10.5 Å². The number of hydrogen-bond acceptors (Lipinski definition) is 3. The minimum atomic E-state index is 0.148. The smallest absolute Gasteiger partial charge is 0.225 e. The molecule has 2 N–H and O–H groups in total. The molecule has 1 saturated carbocycles. The summed E-state index contributed by atoms with van der Waals surface area (Å²) >= 11 is 0. The van der Waals surface area contributed by atoms with Gasteiger partial charge in [-0.2, -0.15) is 0 Å². The lowest BCUT2D eigenvalue weighted by Gasteiger charge is -2.17. The van der Waals surface area contributed by atoms with Crippen LogP contribution in [0.4, 0.5) is 5.69 Å². The summed E-state index contributed by atoms with van der Waals surface area (Å²) in [7, 11) is 1.87. The van der Waals surface area contributed by atoms with Gasteiger partial charge < -0.3 is 15.4 Å². The zero-order valence-electron chi connectivity index (χ0n) is 11.6. The maximum atomic E-state index is 11.9. The van der Waals surface area contributed by atoms with E-state index in [0.717, 1.165) is 18.2 Å². The first-order valence-electron chi connectivity index (χ1n) is 6.78. The number of nitrogen functional groups attached to an aromatic ring is 1. The summed E-state index contributed by atoms with van der Waals surface area (Å²) < 4.78 is 5.52. The summed E-state index contributed by atoms with van der Waals surface area (Å²) in [6.07, 6.45) is 1.67. The van der Waals surface area contributed by atoms with Crippen LogP contribution < -0.4 is 10.5 Å². The fraction of sp³-hybridized carbons (Fsp3) is 0.533. The molecule has 4 heteroatoms. The van der Waals surface area contributed by atoms with Gasteiger partial charge in [0.1, 0.15) is 5.75 Å². The van der Waals surface area contributed by atoms with Crippen LogP contribution in [0.3, 0.4) is 0 Å². The third kappa shape index (κ3) is 4.16. The lowest BCUT2D eigenvalue weighted by Crippen LogP contribution is -2.30. The van der Waals surface area contributed by atoms with E-state index < -0.39 is 0 Å². The molecule has 0 bridgehead atoms. The molecule has 1 aromatic carbocycles. The molecule has 0 radical (unpaired) electrons. The molecule has 1 fully saturated rings. The number of hydrogen-bond donors (Lipinski definition) is 1. The van der Waals surface area contributed by atoms with Crippen LogP contribution in [0.5, 0.6) is 5.75 Å². The molecule has 4 nitrogen and oxygen atoms in total. The molecule has 19 heavy (non-hydrogen) atoms. The van der Waals surface area contributed by atoms with Crippen LogP contribution in [0.1, 0.15) is 19.8 Å². The van der Waals surface area contributed by atoms with Crippen molar-refractivity contribution >= 4 is 11.6 Å². The summed E-state index contributed by atoms with van der Waals surface area (Å²) in [4.78, 5) is 13.7. The lowest BCUT2D eigenvalue weighted by atomic mass is 10.3. The van der Waals surface area contributed by atoms with E-state index in [1.165, 1.54) is 6.42 Å². The van der Waals surface area contributed by atoms with Crippen molar-refractivity contribution in [3.63, 3.8) is 0 Å². The highest BCUT2D eigenvalue weighted by molar-refractivity contribution is 5.76. The van der Waals surface area contributed by atoms with E-state index in [9.17, 15) is 4.79 Å². The van der Waals surface area contributed by atoms with Crippen molar-refractivity contribution in [2.45, 2.75) is 19.8 Å². The van der Waals surface area contributed by atoms with E-state index in [1.54, 1.807) is 12.1 Å². The van der Waals surface area contributed by atoms with Gasteiger partial charge in [-0.15, -0.1) is 0 Å². The number of carbonyl (C=O) groups excluding carboxylic acids is 1. The first-order chi connectivity index (χ1) is 9.06. The van der Waals surface area contributed by atoms with Crippen LogP contribution in [-0.4, -0.2) is 31.0 Å². The largest absolute Gasteiger partial charge is 0.493 e. The minimum absolute atomic E-state index is 0.148. The van der Waals surface area contributed by atoms with Gasteiger partial charge in [0.15, 0.2) is 0 Å². The average molecular weight is 262 g/mol. The van der Waals surface area contributed by atoms with E-state index in [-0.39, 0.29) is 5.91 Å². The normalized spacial score (nSPS) is 20.9. The Labute approximate surface area is 114 Å². The van der Waals surface area contributed by atoms with Gasteiger partial charge in [0.25, 0.3) is 0 Å². The van der Waals surface area contributed by atoms with Gasteiger partial charge in [-0.05, 0) is 42.5 Å². The predicted molar refractivity (Wildman–Crippen MR) is 75.9 cm³/mol. The Morgan fingerprint density at radius 1 is 1.42 bits per heavy atom. The summed E-state index contributed by atoms with van der Waals surface area (Å²) in [5.41, 5.74) is 6.30. The SMILES string of the molecule is CC1CC1CN(C)C(=O)CCOc1ccc(N)cc1. The van der Waals surface area contributed by atoms with Crippen molar-refractivity contribution in [3.05, 3.63) is 24.3 Å².